The minimum absolute atomic E-state index is 0.00766. The van der Waals surface area contributed by atoms with Crippen LogP contribution in [0.15, 0.2) is 18.2 Å². The first-order valence-electron chi connectivity index (χ1n) is 5.24. The van der Waals surface area contributed by atoms with E-state index in [9.17, 15) is 4.79 Å². The van der Waals surface area contributed by atoms with Crippen molar-refractivity contribution in [2.24, 2.45) is 0 Å². The lowest BCUT2D eigenvalue weighted by Gasteiger charge is -2.34. The Morgan fingerprint density at radius 1 is 1.40 bits per heavy atom. The maximum atomic E-state index is 11.8. The van der Waals surface area contributed by atoms with Gasteiger partial charge in [-0.3, -0.25) is 4.79 Å². The SMILES string of the molecule is CC1C(=O)CC(C)(C)c2ccc(Cl)cc21. The Labute approximate surface area is 95.4 Å². The first kappa shape index (κ1) is 10.7. The first-order valence-corrected chi connectivity index (χ1v) is 5.62. The fourth-order valence-corrected chi connectivity index (χ4v) is 2.55. The first-order chi connectivity index (χ1) is 6.92. The van der Waals surface area contributed by atoms with Gasteiger partial charge in [0.25, 0.3) is 0 Å². The van der Waals surface area contributed by atoms with Gasteiger partial charge in [0.1, 0.15) is 5.78 Å². The zero-order chi connectivity index (χ0) is 11.2. The third-order valence-corrected chi connectivity index (χ3v) is 3.54. The molecule has 1 aliphatic carbocycles. The molecule has 0 aliphatic heterocycles. The molecule has 0 aromatic heterocycles. The van der Waals surface area contributed by atoms with Gasteiger partial charge in [-0.1, -0.05) is 38.4 Å². The molecule has 1 unspecified atom stereocenters. The molecule has 0 heterocycles. The van der Waals surface area contributed by atoms with Crippen molar-refractivity contribution >= 4 is 17.4 Å². The normalized spacial score (nSPS) is 23.7. The second kappa shape index (κ2) is 3.34. The van der Waals surface area contributed by atoms with Crippen LogP contribution in [0.5, 0.6) is 0 Å². The van der Waals surface area contributed by atoms with Gasteiger partial charge in [-0.05, 0) is 28.7 Å². The highest BCUT2D eigenvalue weighted by molar-refractivity contribution is 6.30. The van der Waals surface area contributed by atoms with Crippen molar-refractivity contribution in [1.82, 2.24) is 0 Å². The van der Waals surface area contributed by atoms with Crippen LogP contribution in [0, 0.1) is 0 Å². The molecule has 1 aliphatic rings. The fraction of sp³-hybridized carbons (Fsp3) is 0.462. The summed E-state index contributed by atoms with van der Waals surface area (Å²) in [6, 6.07) is 5.89. The van der Waals surface area contributed by atoms with Crippen molar-refractivity contribution in [2.75, 3.05) is 0 Å². The zero-order valence-corrected chi connectivity index (χ0v) is 10.1. The summed E-state index contributed by atoms with van der Waals surface area (Å²) in [7, 11) is 0. The molecule has 1 aromatic rings. The van der Waals surface area contributed by atoms with E-state index < -0.39 is 0 Å². The topological polar surface area (TPSA) is 17.1 Å². The highest BCUT2D eigenvalue weighted by atomic mass is 35.5. The molecule has 0 fully saturated rings. The number of carbonyl (C=O) groups is 1. The molecule has 80 valence electrons. The number of benzene rings is 1. The van der Waals surface area contributed by atoms with Gasteiger partial charge in [0, 0.05) is 17.4 Å². The summed E-state index contributed by atoms with van der Waals surface area (Å²) in [6.07, 6.45) is 0.628. The minimum Gasteiger partial charge on any atom is -0.299 e. The quantitative estimate of drug-likeness (QED) is 0.654. The van der Waals surface area contributed by atoms with Gasteiger partial charge in [-0.2, -0.15) is 0 Å². The number of Topliss-reactive ketones (excluding diaryl/α,β-unsaturated/α-hetero) is 1. The Hall–Kier alpha value is -0.820. The van der Waals surface area contributed by atoms with E-state index in [4.69, 9.17) is 11.6 Å². The van der Waals surface area contributed by atoms with Crippen molar-refractivity contribution < 1.29 is 4.79 Å². The van der Waals surface area contributed by atoms with Crippen molar-refractivity contribution in [3.8, 4) is 0 Å². The third-order valence-electron chi connectivity index (χ3n) is 3.31. The number of rotatable bonds is 0. The third kappa shape index (κ3) is 1.69. The van der Waals surface area contributed by atoms with Gasteiger partial charge in [-0.15, -0.1) is 0 Å². The Morgan fingerprint density at radius 3 is 2.73 bits per heavy atom. The predicted molar refractivity (Wildman–Crippen MR) is 62.5 cm³/mol. The van der Waals surface area contributed by atoms with Crippen LogP contribution < -0.4 is 0 Å². The van der Waals surface area contributed by atoms with Gasteiger partial charge in [0.2, 0.25) is 0 Å². The summed E-state index contributed by atoms with van der Waals surface area (Å²) in [5.41, 5.74) is 2.31. The monoisotopic (exact) mass is 222 g/mol. The molecule has 0 saturated heterocycles. The van der Waals surface area contributed by atoms with E-state index in [2.05, 4.69) is 19.9 Å². The molecule has 0 spiro atoms. The second-order valence-corrected chi connectivity index (χ2v) is 5.42. The molecular formula is C13H15ClO. The van der Waals surface area contributed by atoms with E-state index >= 15 is 0 Å². The van der Waals surface area contributed by atoms with E-state index in [1.165, 1.54) is 5.56 Å². The molecule has 2 rings (SSSR count). The molecule has 0 radical (unpaired) electrons. The lowest BCUT2D eigenvalue weighted by Crippen LogP contribution is -2.31. The number of carbonyl (C=O) groups excluding carboxylic acids is 1. The number of fused-ring (bicyclic) bond motifs is 1. The molecular weight excluding hydrogens is 208 g/mol. The average molecular weight is 223 g/mol. The standard InChI is InChI=1S/C13H15ClO/c1-8-10-6-9(14)4-5-11(10)13(2,3)7-12(8)15/h4-6,8H,7H2,1-3H3. The summed E-state index contributed by atoms with van der Waals surface area (Å²) in [6.45, 7) is 6.19. The lowest BCUT2D eigenvalue weighted by molar-refractivity contribution is -0.121. The molecule has 0 bridgehead atoms. The number of hydrogen-bond donors (Lipinski definition) is 0. The average Bonchev–Trinajstić information content (AvgIpc) is 2.13. The highest BCUT2D eigenvalue weighted by Crippen LogP contribution is 2.41. The largest absolute Gasteiger partial charge is 0.299 e. The Balaban J connectivity index is 2.64. The van der Waals surface area contributed by atoms with Gasteiger partial charge >= 0.3 is 0 Å². The molecule has 1 nitrogen and oxygen atoms in total. The summed E-state index contributed by atoms with van der Waals surface area (Å²) < 4.78 is 0. The van der Waals surface area contributed by atoms with Crippen LogP contribution in [0.1, 0.15) is 44.2 Å². The fourth-order valence-electron chi connectivity index (χ4n) is 2.37. The van der Waals surface area contributed by atoms with E-state index in [0.717, 1.165) is 5.56 Å². The maximum absolute atomic E-state index is 11.8. The van der Waals surface area contributed by atoms with E-state index in [1.54, 1.807) is 0 Å². The van der Waals surface area contributed by atoms with E-state index in [0.29, 0.717) is 17.2 Å². The minimum atomic E-state index is -0.0521. The van der Waals surface area contributed by atoms with Crippen molar-refractivity contribution in [1.29, 1.82) is 0 Å². The van der Waals surface area contributed by atoms with Gasteiger partial charge < -0.3 is 0 Å². The zero-order valence-electron chi connectivity index (χ0n) is 9.30. The van der Waals surface area contributed by atoms with Gasteiger partial charge in [-0.25, -0.2) is 0 Å². The molecule has 0 amide bonds. The van der Waals surface area contributed by atoms with Crippen LogP contribution in [0.2, 0.25) is 5.02 Å². The lowest BCUT2D eigenvalue weighted by atomic mass is 9.69. The second-order valence-electron chi connectivity index (χ2n) is 4.98. The molecule has 0 saturated carbocycles. The molecule has 2 heteroatoms. The summed E-state index contributed by atoms with van der Waals surface area (Å²) in [5.74, 6) is 0.307. The van der Waals surface area contributed by atoms with Crippen LogP contribution in [0.3, 0.4) is 0 Å². The van der Waals surface area contributed by atoms with Crippen molar-refractivity contribution in [3.05, 3.63) is 34.3 Å². The van der Waals surface area contributed by atoms with E-state index in [1.807, 2.05) is 19.1 Å². The molecule has 0 N–H and O–H groups in total. The maximum Gasteiger partial charge on any atom is 0.140 e. The summed E-state index contributed by atoms with van der Waals surface area (Å²) in [5, 5.41) is 0.714. The van der Waals surface area contributed by atoms with Crippen LogP contribution in [0.25, 0.3) is 0 Å². The number of ketones is 1. The Bertz CT molecular complexity index is 421. The number of hydrogen-bond acceptors (Lipinski definition) is 1. The van der Waals surface area contributed by atoms with E-state index in [-0.39, 0.29) is 11.3 Å². The van der Waals surface area contributed by atoms with Crippen LogP contribution >= 0.6 is 11.6 Å². The number of halogens is 1. The molecule has 1 aromatic carbocycles. The summed E-state index contributed by atoms with van der Waals surface area (Å²) >= 11 is 5.97. The van der Waals surface area contributed by atoms with Gasteiger partial charge in [0.15, 0.2) is 0 Å². The molecule has 15 heavy (non-hydrogen) atoms. The summed E-state index contributed by atoms with van der Waals surface area (Å²) in [4.78, 5) is 11.8. The van der Waals surface area contributed by atoms with Crippen LogP contribution in [0.4, 0.5) is 0 Å². The van der Waals surface area contributed by atoms with Crippen LogP contribution in [-0.4, -0.2) is 5.78 Å². The Morgan fingerprint density at radius 2 is 2.07 bits per heavy atom. The predicted octanol–water partition coefficient (Wildman–Crippen LogP) is 3.69. The molecule has 1 atom stereocenters. The highest BCUT2D eigenvalue weighted by Gasteiger charge is 2.35. The smallest absolute Gasteiger partial charge is 0.140 e. The Kier molecular flexibility index (Phi) is 2.38. The van der Waals surface area contributed by atoms with Crippen molar-refractivity contribution in [3.63, 3.8) is 0 Å². The van der Waals surface area contributed by atoms with Crippen LogP contribution in [-0.2, 0) is 10.2 Å². The van der Waals surface area contributed by atoms with Gasteiger partial charge in [0.05, 0.1) is 0 Å². The van der Waals surface area contributed by atoms with Crippen molar-refractivity contribution in [2.45, 2.75) is 38.5 Å².